The van der Waals surface area contributed by atoms with E-state index in [0.29, 0.717) is 0 Å². The predicted octanol–water partition coefficient (Wildman–Crippen LogP) is -0.273. The lowest BCUT2D eigenvalue weighted by Crippen LogP contribution is -2.11. The Morgan fingerprint density at radius 2 is 1.17 bits per heavy atom. The summed E-state index contributed by atoms with van der Waals surface area (Å²) in [5, 5.41) is 16.7. The highest BCUT2D eigenvalue weighted by molar-refractivity contribution is 4.15. The van der Waals surface area contributed by atoms with Gasteiger partial charge in [0.15, 0.2) is 0 Å². The van der Waals surface area contributed by atoms with Gasteiger partial charge in [-0.05, 0) is 0 Å². The van der Waals surface area contributed by atoms with Crippen LogP contribution in [0.4, 0.5) is 0 Å². The van der Waals surface area contributed by atoms with Crippen molar-refractivity contribution in [2.24, 2.45) is 0 Å². The molecule has 10 heteroatoms. The summed E-state index contributed by atoms with van der Waals surface area (Å²) in [5.41, 5.74) is 0. The van der Waals surface area contributed by atoms with E-state index in [0.717, 1.165) is 0 Å². The predicted molar refractivity (Wildman–Crippen MR) is 35.9 cm³/mol. The summed E-state index contributed by atoms with van der Waals surface area (Å²) in [6, 6.07) is 0. The van der Waals surface area contributed by atoms with Crippen LogP contribution < -0.4 is 12.3 Å². The van der Waals surface area contributed by atoms with Crippen molar-refractivity contribution in [1.29, 1.82) is 0 Å². The minimum atomic E-state index is -1.05. The second-order valence-electron chi connectivity index (χ2n) is 1.11. The average molecular weight is 186 g/mol. The maximum atomic E-state index is 9.40. The van der Waals surface area contributed by atoms with Crippen LogP contribution in [0.15, 0.2) is 0 Å². The van der Waals surface area contributed by atoms with Crippen LogP contribution >= 0.6 is 0 Å². The van der Waals surface area contributed by atoms with Crippen LogP contribution in [0.3, 0.4) is 0 Å². The van der Waals surface area contributed by atoms with Crippen molar-refractivity contribution in [3.8, 4) is 0 Å². The van der Waals surface area contributed by atoms with Crippen molar-refractivity contribution >= 4 is 0 Å². The lowest BCUT2D eigenvalue weighted by molar-refractivity contribution is -0.780. The van der Waals surface area contributed by atoms with E-state index in [1.165, 1.54) is 0 Å². The van der Waals surface area contributed by atoms with Gasteiger partial charge in [0.25, 0.3) is 10.2 Å². The largest absolute Gasteiger partial charge is 0.344 e. The molecule has 10 nitrogen and oxygen atoms in total. The Morgan fingerprint density at radius 1 is 0.917 bits per heavy atom. The van der Waals surface area contributed by atoms with E-state index >= 15 is 0 Å². The van der Waals surface area contributed by atoms with Crippen LogP contribution in [0.1, 0.15) is 0 Å². The van der Waals surface area contributed by atoms with Gasteiger partial charge in [0.2, 0.25) is 0 Å². The zero-order valence-electron chi connectivity index (χ0n) is 6.17. The first-order chi connectivity index (χ1) is 4.63. The van der Waals surface area contributed by atoms with Crippen LogP contribution in [-0.2, 0) is 9.68 Å². The van der Waals surface area contributed by atoms with Crippen molar-refractivity contribution in [2.45, 2.75) is 0 Å². The molecule has 0 spiro atoms. The summed E-state index contributed by atoms with van der Waals surface area (Å²) in [4.78, 5) is 26.2. The number of rotatable bonds is 5. The lowest BCUT2D eigenvalue weighted by atomic mass is 10.8. The molecule has 0 aliphatic carbocycles. The summed E-state index contributed by atoms with van der Waals surface area (Å²) >= 11 is 0. The molecular formula is C2H10N4O6. The fourth-order valence-corrected chi connectivity index (χ4v) is 0.224. The van der Waals surface area contributed by atoms with Crippen LogP contribution in [-0.4, -0.2) is 23.4 Å². The highest BCUT2D eigenvalue weighted by Gasteiger charge is 1.96. The average Bonchev–Trinajstić information content (AvgIpc) is 1.79. The van der Waals surface area contributed by atoms with Crippen molar-refractivity contribution in [3.63, 3.8) is 0 Å². The van der Waals surface area contributed by atoms with Gasteiger partial charge in [0.05, 0.1) is 0 Å². The van der Waals surface area contributed by atoms with Gasteiger partial charge < -0.3 is 22.0 Å². The molecule has 0 heterocycles. The topological polar surface area (TPSA) is 175 Å². The molecule has 74 valence electrons. The first-order valence-electron chi connectivity index (χ1n) is 2.17. The number of hydrogen-bond acceptors (Lipinski definition) is 8. The molecule has 0 bridgehead atoms. The van der Waals surface area contributed by atoms with E-state index in [1.807, 2.05) is 0 Å². The quantitative estimate of drug-likeness (QED) is 0.334. The molecule has 6 N–H and O–H groups in total. The van der Waals surface area contributed by atoms with Gasteiger partial charge in [0, 0.05) is 0 Å². The summed E-state index contributed by atoms with van der Waals surface area (Å²) in [5.74, 6) is 0. The van der Waals surface area contributed by atoms with Gasteiger partial charge in [0.1, 0.15) is 13.2 Å². The van der Waals surface area contributed by atoms with Crippen molar-refractivity contribution in [3.05, 3.63) is 20.2 Å². The van der Waals surface area contributed by atoms with E-state index < -0.39 is 23.4 Å². The highest BCUT2D eigenvalue weighted by atomic mass is 17.0. The molecule has 0 fully saturated rings. The van der Waals surface area contributed by atoms with Crippen molar-refractivity contribution in [1.82, 2.24) is 12.3 Å². The zero-order valence-corrected chi connectivity index (χ0v) is 6.17. The fraction of sp³-hybridized carbons (Fsp3) is 1.00. The molecule has 0 aromatic rings. The third-order valence-electron chi connectivity index (χ3n) is 0.477. The second-order valence-corrected chi connectivity index (χ2v) is 1.11. The molecule has 0 saturated carbocycles. The maximum absolute atomic E-state index is 9.40. The zero-order chi connectivity index (χ0) is 7.98. The Balaban J connectivity index is -0.000000405. The maximum Gasteiger partial charge on any atom is 0.294 e. The number of hydrogen-bond donors (Lipinski definition) is 2. The minimum absolute atomic E-state index is 0. The molecule has 0 aliphatic heterocycles. The Kier molecular flexibility index (Phi) is 13.0. The molecule has 0 amide bonds. The van der Waals surface area contributed by atoms with E-state index in [9.17, 15) is 20.2 Å². The van der Waals surface area contributed by atoms with Gasteiger partial charge in [-0.15, -0.1) is 20.2 Å². The molecule has 0 unspecified atom stereocenters. The van der Waals surface area contributed by atoms with E-state index in [-0.39, 0.29) is 12.3 Å². The van der Waals surface area contributed by atoms with Crippen LogP contribution in [0.5, 0.6) is 0 Å². The summed E-state index contributed by atoms with van der Waals surface area (Å²) in [6.45, 7) is -0.873. The minimum Gasteiger partial charge on any atom is -0.344 e. The normalized spacial score (nSPS) is 7.00. The molecule has 0 aromatic carbocycles. The molecule has 0 atom stereocenters. The van der Waals surface area contributed by atoms with Crippen LogP contribution in [0.25, 0.3) is 0 Å². The molecule has 0 saturated heterocycles. The van der Waals surface area contributed by atoms with Gasteiger partial charge in [-0.25, -0.2) is 0 Å². The Hall–Kier alpha value is -1.68. The lowest BCUT2D eigenvalue weighted by Gasteiger charge is -1.95. The Labute approximate surface area is 66.8 Å². The van der Waals surface area contributed by atoms with Crippen LogP contribution in [0, 0.1) is 20.2 Å². The Morgan fingerprint density at radius 3 is 1.33 bits per heavy atom. The molecule has 12 heavy (non-hydrogen) atoms. The number of nitrogens with zero attached hydrogens (tertiary/aromatic N) is 2. The third-order valence-corrected chi connectivity index (χ3v) is 0.477. The SMILES string of the molecule is N.N.O=[N+]([O-])OCCO[N+](=O)[O-]. The van der Waals surface area contributed by atoms with Gasteiger partial charge >= 0.3 is 0 Å². The molecule has 0 radical (unpaired) electrons. The summed E-state index contributed by atoms with van der Waals surface area (Å²) in [7, 11) is 0. The summed E-state index contributed by atoms with van der Waals surface area (Å²) in [6.07, 6.45) is 0. The molecule has 0 aliphatic rings. The monoisotopic (exact) mass is 186 g/mol. The van der Waals surface area contributed by atoms with Crippen LogP contribution in [0.2, 0.25) is 0 Å². The van der Waals surface area contributed by atoms with E-state index in [2.05, 4.69) is 9.68 Å². The highest BCUT2D eigenvalue weighted by Crippen LogP contribution is 1.77. The first-order valence-corrected chi connectivity index (χ1v) is 2.17. The van der Waals surface area contributed by atoms with E-state index in [1.54, 1.807) is 0 Å². The fourth-order valence-electron chi connectivity index (χ4n) is 0.224. The summed E-state index contributed by atoms with van der Waals surface area (Å²) < 4.78 is 0. The molecular weight excluding hydrogens is 176 g/mol. The van der Waals surface area contributed by atoms with E-state index in [4.69, 9.17) is 0 Å². The van der Waals surface area contributed by atoms with Gasteiger partial charge in [-0.2, -0.15) is 0 Å². The molecule has 0 rings (SSSR count). The van der Waals surface area contributed by atoms with Gasteiger partial charge in [-0.3, -0.25) is 0 Å². The Bertz CT molecular complexity index is 122. The van der Waals surface area contributed by atoms with Crippen molar-refractivity contribution in [2.75, 3.05) is 13.2 Å². The van der Waals surface area contributed by atoms with Gasteiger partial charge in [-0.1, -0.05) is 0 Å². The molecule has 0 aromatic heterocycles. The third kappa shape index (κ3) is 15.8. The van der Waals surface area contributed by atoms with Crippen molar-refractivity contribution < 1.29 is 19.8 Å². The standard InChI is InChI=1S/C2H4N2O6.2H3N/c5-3(6)9-1-2-10-4(7)8;;/h1-2H2;2*1H3. The smallest absolute Gasteiger partial charge is 0.294 e. The second kappa shape index (κ2) is 9.32. The first kappa shape index (κ1) is 16.7.